The minimum Gasteiger partial charge on any atom is -0.369 e. The normalized spacial score (nSPS) is 10.8. The number of nitrogen functional groups attached to an aromatic ring is 1. The molecule has 19 heavy (non-hydrogen) atoms. The van der Waals surface area contributed by atoms with Crippen molar-refractivity contribution in [1.29, 1.82) is 0 Å². The van der Waals surface area contributed by atoms with Gasteiger partial charge in [0.1, 0.15) is 11.6 Å². The molecule has 0 aliphatic heterocycles. The van der Waals surface area contributed by atoms with Gasteiger partial charge in [-0.25, -0.2) is 15.8 Å². The van der Waals surface area contributed by atoms with E-state index in [9.17, 15) is 0 Å². The van der Waals surface area contributed by atoms with E-state index in [1.165, 1.54) is 18.2 Å². The van der Waals surface area contributed by atoms with E-state index in [0.29, 0.717) is 11.0 Å². The largest absolute Gasteiger partial charge is 0.369 e. The van der Waals surface area contributed by atoms with Crippen LogP contribution in [0.15, 0.2) is 11.2 Å². The molecule has 108 valence electrons. The summed E-state index contributed by atoms with van der Waals surface area (Å²) in [6, 6.07) is 1.82. The number of hydrogen-bond donors (Lipinski definition) is 3. The molecule has 0 fully saturated rings. The lowest BCUT2D eigenvalue weighted by molar-refractivity contribution is 0.300. The number of nitrogens with two attached hydrogens (primary N) is 1. The molecular weight excluding hydrogens is 260 g/mol. The monoisotopic (exact) mass is 284 g/mol. The van der Waals surface area contributed by atoms with Gasteiger partial charge in [-0.3, -0.25) is 0 Å². The van der Waals surface area contributed by atoms with E-state index in [4.69, 9.17) is 5.84 Å². The molecule has 1 rings (SSSR count). The zero-order valence-corrected chi connectivity index (χ0v) is 12.8. The lowest BCUT2D eigenvalue weighted by Gasteiger charge is -2.19. The molecule has 6 nitrogen and oxygen atoms in total. The van der Waals surface area contributed by atoms with Gasteiger partial charge in [0.2, 0.25) is 0 Å². The summed E-state index contributed by atoms with van der Waals surface area (Å²) in [5, 5.41) is 4.02. The summed E-state index contributed by atoms with van der Waals surface area (Å²) in [7, 11) is 0. The summed E-state index contributed by atoms with van der Waals surface area (Å²) in [6.45, 7) is 8.46. The van der Waals surface area contributed by atoms with Crippen LogP contribution in [0.4, 0.5) is 11.6 Å². The first-order valence-corrected chi connectivity index (χ1v) is 7.81. The fraction of sp³-hybridized carbons (Fsp3) is 0.667. The van der Waals surface area contributed by atoms with E-state index < -0.39 is 0 Å². The first-order valence-electron chi connectivity index (χ1n) is 6.59. The molecule has 7 heteroatoms. The van der Waals surface area contributed by atoms with Crippen LogP contribution < -0.4 is 16.6 Å². The number of aromatic nitrogens is 2. The van der Waals surface area contributed by atoms with Crippen LogP contribution in [0.1, 0.15) is 20.3 Å². The van der Waals surface area contributed by atoms with Crippen LogP contribution in [0.2, 0.25) is 0 Å². The molecule has 1 aromatic heterocycles. The Balaban J connectivity index is 2.52. The predicted octanol–water partition coefficient (Wildman–Crippen LogP) is 1.63. The van der Waals surface area contributed by atoms with Gasteiger partial charge in [0.15, 0.2) is 5.16 Å². The highest BCUT2D eigenvalue weighted by Gasteiger charge is 2.04. The second-order valence-electron chi connectivity index (χ2n) is 4.13. The van der Waals surface area contributed by atoms with Crippen LogP contribution in [0.5, 0.6) is 0 Å². The van der Waals surface area contributed by atoms with Crippen LogP contribution in [-0.4, -0.2) is 47.3 Å². The topological polar surface area (TPSA) is 79.1 Å². The first-order chi connectivity index (χ1) is 9.23. The van der Waals surface area contributed by atoms with Crippen LogP contribution in [-0.2, 0) is 0 Å². The molecular formula is C12H24N6S. The van der Waals surface area contributed by atoms with Crippen molar-refractivity contribution in [2.45, 2.75) is 25.4 Å². The maximum atomic E-state index is 5.39. The maximum Gasteiger partial charge on any atom is 0.191 e. The summed E-state index contributed by atoms with van der Waals surface area (Å²) < 4.78 is 0. The Morgan fingerprint density at radius 2 is 2.00 bits per heavy atom. The summed E-state index contributed by atoms with van der Waals surface area (Å²) >= 11 is 1.50. The predicted molar refractivity (Wildman–Crippen MR) is 82.5 cm³/mol. The molecule has 0 bridgehead atoms. The lowest BCUT2D eigenvalue weighted by atomic mass is 10.4. The Kier molecular flexibility index (Phi) is 7.54. The summed E-state index contributed by atoms with van der Waals surface area (Å²) in [6.07, 6.45) is 3.12. The standard InChI is InChI=1S/C12H24N6S/c1-4-7-18(5-2)8-6-14-10-9-11(17-13)16-12(15-10)19-3/h9H,4-8,13H2,1-3H3,(H2,14,15,16,17). The molecule has 0 aliphatic rings. The number of rotatable bonds is 9. The lowest BCUT2D eigenvalue weighted by Crippen LogP contribution is -2.29. The summed E-state index contributed by atoms with van der Waals surface area (Å²) in [5.41, 5.74) is 2.56. The maximum absolute atomic E-state index is 5.39. The molecule has 4 N–H and O–H groups in total. The van der Waals surface area contributed by atoms with Gasteiger partial charge in [0.05, 0.1) is 0 Å². The third-order valence-corrected chi connectivity index (χ3v) is 3.31. The quantitative estimate of drug-likeness (QED) is 0.275. The molecule has 0 unspecified atom stereocenters. The molecule has 0 aromatic carbocycles. The minimum absolute atomic E-state index is 0.628. The average molecular weight is 284 g/mol. The van der Waals surface area contributed by atoms with Crippen molar-refractivity contribution in [2.75, 3.05) is 43.2 Å². The number of hydrogen-bond acceptors (Lipinski definition) is 7. The fourth-order valence-corrected chi connectivity index (χ4v) is 2.15. The van der Waals surface area contributed by atoms with Crippen molar-refractivity contribution in [3.63, 3.8) is 0 Å². The highest BCUT2D eigenvalue weighted by molar-refractivity contribution is 7.98. The highest BCUT2D eigenvalue weighted by Crippen LogP contribution is 2.16. The molecule has 0 saturated carbocycles. The zero-order chi connectivity index (χ0) is 14.1. The Labute approximate surface area is 119 Å². The van der Waals surface area contributed by atoms with E-state index >= 15 is 0 Å². The van der Waals surface area contributed by atoms with E-state index in [1.54, 1.807) is 0 Å². The van der Waals surface area contributed by atoms with Gasteiger partial charge in [-0.1, -0.05) is 25.6 Å². The SMILES string of the molecule is CCCN(CC)CCNc1cc(NN)nc(SC)n1. The number of nitrogens with one attached hydrogen (secondary N) is 2. The first kappa shape index (κ1) is 16.0. The van der Waals surface area contributed by atoms with Gasteiger partial charge in [-0.2, -0.15) is 0 Å². The molecule has 0 radical (unpaired) electrons. The molecule has 1 aromatic rings. The van der Waals surface area contributed by atoms with Crippen molar-refractivity contribution in [3.05, 3.63) is 6.07 Å². The van der Waals surface area contributed by atoms with Gasteiger partial charge >= 0.3 is 0 Å². The Morgan fingerprint density at radius 3 is 2.58 bits per heavy atom. The minimum atomic E-state index is 0.628. The van der Waals surface area contributed by atoms with Gasteiger partial charge in [-0.15, -0.1) is 0 Å². The second kappa shape index (κ2) is 8.95. The number of nitrogens with zero attached hydrogens (tertiary/aromatic N) is 3. The van der Waals surface area contributed by atoms with Crippen molar-refractivity contribution < 1.29 is 0 Å². The van der Waals surface area contributed by atoms with Crippen LogP contribution >= 0.6 is 11.8 Å². The van der Waals surface area contributed by atoms with Gasteiger partial charge in [0, 0.05) is 19.2 Å². The van der Waals surface area contributed by atoms with E-state index in [1.807, 2.05) is 12.3 Å². The molecule has 1 heterocycles. The molecule has 0 atom stereocenters. The Bertz CT molecular complexity index is 351. The molecule has 0 aliphatic carbocycles. The highest BCUT2D eigenvalue weighted by atomic mass is 32.2. The molecule has 0 amide bonds. The Hall–Kier alpha value is -1.05. The molecule has 0 spiro atoms. The fourth-order valence-electron chi connectivity index (χ4n) is 1.77. The smallest absolute Gasteiger partial charge is 0.191 e. The van der Waals surface area contributed by atoms with Crippen molar-refractivity contribution in [2.24, 2.45) is 5.84 Å². The second-order valence-corrected chi connectivity index (χ2v) is 4.90. The Morgan fingerprint density at radius 1 is 1.26 bits per heavy atom. The van der Waals surface area contributed by atoms with Crippen molar-refractivity contribution in [3.8, 4) is 0 Å². The number of likely N-dealkylation sites (N-methyl/N-ethyl adjacent to an activating group) is 1. The van der Waals surface area contributed by atoms with E-state index in [-0.39, 0.29) is 0 Å². The summed E-state index contributed by atoms with van der Waals surface area (Å²) in [4.78, 5) is 11.0. The number of hydrazine groups is 1. The number of thioether (sulfide) groups is 1. The van der Waals surface area contributed by atoms with E-state index in [2.05, 4.69) is 39.5 Å². The van der Waals surface area contributed by atoms with Crippen molar-refractivity contribution >= 4 is 23.4 Å². The van der Waals surface area contributed by atoms with Gasteiger partial charge in [0.25, 0.3) is 0 Å². The summed E-state index contributed by atoms with van der Waals surface area (Å²) in [5.74, 6) is 6.83. The molecule has 0 saturated heterocycles. The number of anilines is 2. The van der Waals surface area contributed by atoms with E-state index in [0.717, 1.165) is 32.0 Å². The van der Waals surface area contributed by atoms with Gasteiger partial charge in [-0.05, 0) is 25.8 Å². The van der Waals surface area contributed by atoms with Crippen LogP contribution in [0.25, 0.3) is 0 Å². The van der Waals surface area contributed by atoms with Crippen LogP contribution in [0.3, 0.4) is 0 Å². The van der Waals surface area contributed by atoms with Gasteiger partial charge < -0.3 is 15.6 Å². The van der Waals surface area contributed by atoms with Crippen LogP contribution in [0, 0.1) is 0 Å². The van der Waals surface area contributed by atoms with Crippen molar-refractivity contribution in [1.82, 2.24) is 14.9 Å². The average Bonchev–Trinajstić information content (AvgIpc) is 2.45. The third-order valence-electron chi connectivity index (χ3n) is 2.76. The zero-order valence-electron chi connectivity index (χ0n) is 11.9. The third kappa shape index (κ3) is 5.63.